The van der Waals surface area contributed by atoms with Gasteiger partial charge in [-0.25, -0.2) is 0 Å². The van der Waals surface area contributed by atoms with Crippen molar-refractivity contribution in [3.05, 3.63) is 22.1 Å². The molecule has 12 heteroatoms. The molecule has 0 nitrogen and oxygen atoms in total. The highest BCUT2D eigenvalue weighted by Gasteiger charge is 2.86. The van der Waals surface area contributed by atoms with Crippen LogP contribution in [0.3, 0.4) is 0 Å². The van der Waals surface area contributed by atoms with Crippen molar-refractivity contribution in [1.29, 1.82) is 0 Å². The molecule has 0 N–H and O–H groups in total. The van der Waals surface area contributed by atoms with Gasteiger partial charge < -0.3 is 0 Å². The van der Waals surface area contributed by atoms with E-state index in [1.165, 1.54) is 0 Å². The minimum Gasteiger partial charge on any atom is -0.193 e. The lowest BCUT2D eigenvalue weighted by atomic mass is 9.94. The SMILES string of the molecule is C=C(Br)C(F)(F)C(F)(F)C(F)(F)C(F)(F)C(F)(F)C(=C)Br. The lowest BCUT2D eigenvalue weighted by Crippen LogP contribution is -2.67. The van der Waals surface area contributed by atoms with Crippen molar-refractivity contribution in [1.82, 2.24) is 0 Å². The molecule has 0 aromatic rings. The minimum atomic E-state index is -7.12. The summed E-state index contributed by atoms with van der Waals surface area (Å²) in [6, 6.07) is 0. The lowest BCUT2D eigenvalue weighted by molar-refractivity contribution is -0.387. The molecule has 0 spiro atoms. The van der Waals surface area contributed by atoms with Crippen LogP contribution in [-0.2, 0) is 0 Å². The molecule has 0 aromatic carbocycles. The van der Waals surface area contributed by atoms with Gasteiger partial charge in [0.1, 0.15) is 0 Å². The fourth-order valence-corrected chi connectivity index (χ4v) is 1.43. The Labute approximate surface area is 128 Å². The summed E-state index contributed by atoms with van der Waals surface area (Å²) in [6.45, 7) is 4.36. The zero-order chi connectivity index (χ0) is 17.7. The summed E-state index contributed by atoms with van der Waals surface area (Å²) in [6.07, 6.45) is 0. The van der Waals surface area contributed by atoms with Crippen molar-refractivity contribution in [2.45, 2.75) is 29.6 Å². The molecule has 0 atom stereocenters. The third kappa shape index (κ3) is 2.73. The Morgan fingerprint density at radius 2 is 0.714 bits per heavy atom. The molecule has 0 bridgehead atoms. The lowest BCUT2D eigenvalue weighted by Gasteiger charge is -2.39. The summed E-state index contributed by atoms with van der Waals surface area (Å²) in [5.74, 6) is -32.7. The van der Waals surface area contributed by atoms with Gasteiger partial charge in [0.05, 0.1) is 8.96 Å². The van der Waals surface area contributed by atoms with Crippen LogP contribution in [0.4, 0.5) is 43.9 Å². The van der Waals surface area contributed by atoms with E-state index in [1.54, 1.807) is 31.9 Å². The topological polar surface area (TPSA) is 0 Å². The van der Waals surface area contributed by atoms with Gasteiger partial charge in [0.25, 0.3) is 0 Å². The number of halogens is 12. The predicted octanol–water partition coefficient (Wildman–Crippen LogP) is 5.98. The molecule has 0 aliphatic rings. The fourth-order valence-electron chi connectivity index (χ4n) is 0.932. The van der Waals surface area contributed by atoms with Gasteiger partial charge in [0, 0.05) is 0 Å². The second-order valence-corrected chi connectivity index (χ2v) is 5.60. The van der Waals surface area contributed by atoms with Crippen LogP contribution in [0.1, 0.15) is 0 Å². The van der Waals surface area contributed by atoms with Gasteiger partial charge in [0.2, 0.25) is 0 Å². The summed E-state index contributed by atoms with van der Waals surface area (Å²) in [5, 5.41) is 0. The van der Waals surface area contributed by atoms with Crippen molar-refractivity contribution in [2.75, 3.05) is 0 Å². The van der Waals surface area contributed by atoms with Crippen LogP contribution in [0.15, 0.2) is 22.1 Å². The average Bonchev–Trinajstić information content (AvgIpc) is 2.27. The smallest absolute Gasteiger partial charge is 0.193 e. The second-order valence-electron chi connectivity index (χ2n) is 3.68. The van der Waals surface area contributed by atoms with Gasteiger partial charge in [-0.15, -0.1) is 0 Å². The van der Waals surface area contributed by atoms with Gasteiger partial charge in [0.15, 0.2) is 0 Å². The first-order valence-electron chi connectivity index (χ1n) is 4.47. The Morgan fingerprint density at radius 1 is 0.524 bits per heavy atom. The minimum absolute atomic E-state index is 1.65. The third-order valence-corrected chi connectivity index (χ3v) is 3.25. The first-order valence-corrected chi connectivity index (χ1v) is 6.06. The molecule has 0 saturated carbocycles. The van der Waals surface area contributed by atoms with Crippen molar-refractivity contribution in [2.24, 2.45) is 0 Å². The maximum absolute atomic E-state index is 13.1. The van der Waals surface area contributed by atoms with Gasteiger partial charge in [-0.2, -0.15) is 43.9 Å². The number of alkyl halides is 10. The second kappa shape index (κ2) is 5.43. The van der Waals surface area contributed by atoms with Crippen molar-refractivity contribution in [3.63, 3.8) is 0 Å². The fraction of sp³-hybridized carbons (Fsp3) is 0.556. The highest BCUT2D eigenvalue weighted by Crippen LogP contribution is 2.60. The van der Waals surface area contributed by atoms with E-state index in [0.29, 0.717) is 0 Å². The average molecular weight is 462 g/mol. The van der Waals surface area contributed by atoms with E-state index in [0.717, 1.165) is 0 Å². The predicted molar refractivity (Wildman–Crippen MR) is 60.9 cm³/mol. The van der Waals surface area contributed by atoms with E-state index in [9.17, 15) is 43.9 Å². The molecule has 0 aliphatic heterocycles. The first-order chi connectivity index (χ1) is 8.89. The standard InChI is InChI=1S/C9H4Br2F10/c1-3(10)5(12,13)7(16,17)9(20,21)8(18,19)6(14,15)4(2)11/h1-2H2. The van der Waals surface area contributed by atoms with Crippen molar-refractivity contribution >= 4 is 31.9 Å². The van der Waals surface area contributed by atoms with Crippen LogP contribution in [0.2, 0.25) is 0 Å². The van der Waals surface area contributed by atoms with Gasteiger partial charge in [-0.3, -0.25) is 0 Å². The van der Waals surface area contributed by atoms with E-state index >= 15 is 0 Å². The molecule has 0 rings (SSSR count). The van der Waals surface area contributed by atoms with Gasteiger partial charge >= 0.3 is 29.6 Å². The first kappa shape index (κ1) is 20.7. The van der Waals surface area contributed by atoms with Crippen LogP contribution in [0.25, 0.3) is 0 Å². The maximum Gasteiger partial charge on any atom is 0.385 e. The molecule has 0 radical (unpaired) electrons. The Hall–Kier alpha value is -0.260. The zero-order valence-corrected chi connectivity index (χ0v) is 12.6. The Kier molecular flexibility index (Phi) is 5.36. The van der Waals surface area contributed by atoms with E-state index in [4.69, 9.17) is 0 Å². The van der Waals surface area contributed by atoms with Crippen LogP contribution in [-0.4, -0.2) is 29.6 Å². The number of allylic oxidation sites excluding steroid dienone is 2. The Bertz CT molecular complexity index is 413. The quantitative estimate of drug-likeness (QED) is 0.427. The van der Waals surface area contributed by atoms with E-state index in [-0.39, 0.29) is 0 Å². The number of hydrogen-bond acceptors (Lipinski definition) is 0. The third-order valence-electron chi connectivity index (χ3n) is 2.26. The van der Waals surface area contributed by atoms with Crippen LogP contribution in [0, 0.1) is 0 Å². The molecular formula is C9H4Br2F10. The summed E-state index contributed by atoms with van der Waals surface area (Å²) < 4.78 is 126. The summed E-state index contributed by atoms with van der Waals surface area (Å²) in [4.78, 5) is 0. The molecule has 0 saturated heterocycles. The normalized spacial score (nSPS) is 15.0. The highest BCUT2D eigenvalue weighted by atomic mass is 79.9. The maximum atomic E-state index is 13.1. The van der Waals surface area contributed by atoms with Crippen LogP contribution < -0.4 is 0 Å². The van der Waals surface area contributed by atoms with Crippen LogP contribution >= 0.6 is 31.9 Å². The van der Waals surface area contributed by atoms with E-state index in [2.05, 4.69) is 13.2 Å². The molecule has 0 amide bonds. The van der Waals surface area contributed by atoms with E-state index in [1.807, 2.05) is 0 Å². The number of hydrogen-bond donors (Lipinski definition) is 0. The number of rotatable bonds is 6. The van der Waals surface area contributed by atoms with Gasteiger partial charge in [-0.1, -0.05) is 13.2 Å². The highest BCUT2D eigenvalue weighted by molar-refractivity contribution is 9.12. The molecule has 0 heterocycles. The van der Waals surface area contributed by atoms with Crippen LogP contribution in [0.5, 0.6) is 0 Å². The summed E-state index contributed by atoms with van der Waals surface area (Å²) in [7, 11) is 0. The zero-order valence-electron chi connectivity index (χ0n) is 9.45. The van der Waals surface area contributed by atoms with Crippen molar-refractivity contribution in [3.8, 4) is 0 Å². The monoisotopic (exact) mass is 460 g/mol. The molecular weight excluding hydrogens is 458 g/mol. The Balaban J connectivity index is 6.21. The molecule has 0 fully saturated rings. The largest absolute Gasteiger partial charge is 0.385 e. The molecule has 0 aromatic heterocycles. The summed E-state index contributed by atoms with van der Waals surface area (Å²) >= 11 is 3.31. The molecule has 124 valence electrons. The van der Waals surface area contributed by atoms with Gasteiger partial charge in [-0.05, 0) is 31.9 Å². The van der Waals surface area contributed by atoms with Crippen molar-refractivity contribution < 1.29 is 43.9 Å². The molecule has 21 heavy (non-hydrogen) atoms. The Morgan fingerprint density at radius 3 is 0.857 bits per heavy atom. The molecule has 0 unspecified atom stereocenters. The summed E-state index contributed by atoms with van der Waals surface area (Å²) in [5.41, 5.74) is 0. The molecule has 0 aliphatic carbocycles. The van der Waals surface area contributed by atoms with E-state index < -0.39 is 38.6 Å².